The summed E-state index contributed by atoms with van der Waals surface area (Å²) in [5, 5.41) is 7.77. The maximum Gasteiger partial charge on any atom is 0.293 e. The Hall–Kier alpha value is -2.48. The van der Waals surface area contributed by atoms with Crippen LogP contribution in [-0.2, 0) is 4.74 Å². The van der Waals surface area contributed by atoms with Gasteiger partial charge >= 0.3 is 0 Å². The van der Waals surface area contributed by atoms with Crippen molar-refractivity contribution in [1.29, 1.82) is 0 Å². The molecular weight excluding hydrogens is 334 g/mol. The normalized spacial score (nSPS) is 25.4. The van der Waals surface area contributed by atoms with Crippen molar-refractivity contribution in [1.82, 2.24) is 19.3 Å². The topological polar surface area (TPSA) is 91.0 Å². The van der Waals surface area contributed by atoms with Crippen LogP contribution >= 0.6 is 0 Å². The van der Waals surface area contributed by atoms with Gasteiger partial charge in [0.25, 0.3) is 11.1 Å². The van der Waals surface area contributed by atoms with Gasteiger partial charge in [-0.1, -0.05) is 0 Å². The summed E-state index contributed by atoms with van der Waals surface area (Å²) in [6.45, 7) is 0.800. The van der Waals surface area contributed by atoms with Gasteiger partial charge in [0.15, 0.2) is 5.82 Å². The lowest BCUT2D eigenvalue weighted by Crippen LogP contribution is -2.39. The quantitative estimate of drug-likeness (QED) is 0.863. The van der Waals surface area contributed by atoms with Gasteiger partial charge in [-0.2, -0.15) is 5.10 Å². The molecule has 5 rings (SSSR count). The second-order valence-electron chi connectivity index (χ2n) is 7.39. The minimum absolute atomic E-state index is 0.118. The fourth-order valence-electron chi connectivity index (χ4n) is 3.54. The maximum atomic E-state index is 12.6. The minimum Gasteiger partial charge on any atom is -0.377 e. The highest BCUT2D eigenvalue weighted by Crippen LogP contribution is 2.38. The van der Waals surface area contributed by atoms with Crippen molar-refractivity contribution in [2.24, 2.45) is 0 Å². The zero-order valence-corrected chi connectivity index (χ0v) is 14.4. The minimum atomic E-state index is -0.253. The first kappa shape index (κ1) is 15.7. The average molecular weight is 355 g/mol. The van der Waals surface area contributed by atoms with Crippen molar-refractivity contribution in [3.05, 3.63) is 50.9 Å². The molecule has 0 radical (unpaired) electrons. The molecule has 0 aromatic carbocycles. The Morgan fingerprint density at radius 2 is 1.96 bits per heavy atom. The van der Waals surface area contributed by atoms with Crippen LogP contribution in [0.25, 0.3) is 0 Å². The van der Waals surface area contributed by atoms with Gasteiger partial charge in [-0.05, 0) is 31.7 Å². The average Bonchev–Trinajstić information content (AvgIpc) is 3.56. The smallest absolute Gasteiger partial charge is 0.293 e. The monoisotopic (exact) mass is 355 g/mol. The third-order valence-corrected chi connectivity index (χ3v) is 5.34. The van der Waals surface area contributed by atoms with Crippen molar-refractivity contribution in [3.8, 4) is 0 Å². The SMILES string of the molecule is O=c1c(NC2COCC2n2nc(C3CC3)ccc2=O)nccn1C1CC1. The van der Waals surface area contributed by atoms with Gasteiger partial charge < -0.3 is 14.6 Å². The van der Waals surface area contributed by atoms with Gasteiger partial charge in [0.2, 0.25) is 0 Å². The molecule has 2 aliphatic carbocycles. The standard InChI is InChI=1S/C18H21N5O3/c24-16-6-5-13(11-1-2-11)21-23(16)15-10-26-9-14(15)20-17-18(25)22(8-7-19-17)12-3-4-12/h5-8,11-12,14-15H,1-4,9-10H2,(H,19,20). The van der Waals surface area contributed by atoms with Crippen LogP contribution in [0.15, 0.2) is 34.1 Å². The number of nitrogens with zero attached hydrogens (tertiary/aromatic N) is 4. The summed E-state index contributed by atoms with van der Waals surface area (Å²) in [5.74, 6) is 0.781. The molecule has 0 bridgehead atoms. The van der Waals surface area contributed by atoms with E-state index in [1.54, 1.807) is 23.0 Å². The van der Waals surface area contributed by atoms with Crippen molar-refractivity contribution >= 4 is 5.82 Å². The highest BCUT2D eigenvalue weighted by molar-refractivity contribution is 5.34. The predicted octanol–water partition coefficient (Wildman–Crippen LogP) is 1.06. The second kappa shape index (κ2) is 6.05. The van der Waals surface area contributed by atoms with Crippen molar-refractivity contribution in [2.75, 3.05) is 18.5 Å². The summed E-state index contributed by atoms with van der Waals surface area (Å²) in [4.78, 5) is 29.2. The number of anilines is 1. The van der Waals surface area contributed by atoms with Crippen LogP contribution in [0.1, 0.15) is 49.4 Å². The van der Waals surface area contributed by atoms with Gasteiger partial charge in [-0.3, -0.25) is 9.59 Å². The van der Waals surface area contributed by atoms with E-state index >= 15 is 0 Å². The summed E-state index contributed by atoms with van der Waals surface area (Å²) in [7, 11) is 0. The molecule has 1 saturated heterocycles. The fourth-order valence-corrected chi connectivity index (χ4v) is 3.54. The molecule has 3 heterocycles. The Kier molecular flexibility index (Phi) is 3.66. The van der Waals surface area contributed by atoms with Crippen LogP contribution in [0.4, 0.5) is 5.82 Å². The summed E-state index contributed by atoms with van der Waals surface area (Å²) < 4.78 is 8.85. The van der Waals surface area contributed by atoms with E-state index in [0.717, 1.165) is 31.4 Å². The molecule has 2 aromatic heterocycles. The molecule has 2 atom stereocenters. The van der Waals surface area contributed by atoms with Crippen LogP contribution in [-0.4, -0.2) is 38.6 Å². The summed E-state index contributed by atoms with van der Waals surface area (Å²) in [6.07, 6.45) is 7.70. The van der Waals surface area contributed by atoms with E-state index in [1.807, 2.05) is 6.07 Å². The van der Waals surface area contributed by atoms with E-state index in [9.17, 15) is 9.59 Å². The number of aromatic nitrogens is 4. The van der Waals surface area contributed by atoms with Gasteiger partial charge in [-0.15, -0.1) is 0 Å². The Morgan fingerprint density at radius 3 is 2.73 bits per heavy atom. The lowest BCUT2D eigenvalue weighted by molar-refractivity contribution is 0.182. The molecule has 3 aliphatic rings. The third-order valence-electron chi connectivity index (χ3n) is 5.34. The molecule has 1 N–H and O–H groups in total. The van der Waals surface area contributed by atoms with Crippen LogP contribution in [0, 0.1) is 0 Å². The maximum absolute atomic E-state index is 12.6. The van der Waals surface area contributed by atoms with E-state index in [-0.39, 0.29) is 23.2 Å². The molecule has 26 heavy (non-hydrogen) atoms. The summed E-state index contributed by atoms with van der Waals surface area (Å²) >= 11 is 0. The molecule has 0 amide bonds. The highest BCUT2D eigenvalue weighted by Gasteiger charge is 2.34. The van der Waals surface area contributed by atoms with Gasteiger partial charge in [-0.25, -0.2) is 9.67 Å². The van der Waals surface area contributed by atoms with Gasteiger partial charge in [0.1, 0.15) is 6.04 Å². The third kappa shape index (κ3) is 2.84. The van der Waals surface area contributed by atoms with Crippen molar-refractivity contribution in [3.63, 3.8) is 0 Å². The lowest BCUT2D eigenvalue weighted by atomic mass is 10.1. The van der Waals surface area contributed by atoms with E-state index in [4.69, 9.17) is 4.74 Å². The van der Waals surface area contributed by atoms with Crippen molar-refractivity contribution in [2.45, 2.75) is 49.7 Å². The van der Waals surface area contributed by atoms with Gasteiger partial charge in [0, 0.05) is 30.4 Å². The highest BCUT2D eigenvalue weighted by atomic mass is 16.5. The van der Waals surface area contributed by atoms with E-state index in [1.165, 1.54) is 4.68 Å². The summed E-state index contributed by atoms with van der Waals surface area (Å²) in [6, 6.07) is 3.22. The number of rotatable bonds is 5. The molecule has 2 saturated carbocycles. The summed E-state index contributed by atoms with van der Waals surface area (Å²) in [5.41, 5.74) is 0.699. The van der Waals surface area contributed by atoms with Crippen LogP contribution in [0.5, 0.6) is 0 Å². The van der Waals surface area contributed by atoms with Gasteiger partial charge in [0.05, 0.1) is 24.9 Å². The lowest BCUT2D eigenvalue weighted by Gasteiger charge is -2.21. The Balaban J connectivity index is 1.43. The number of hydrogen-bond donors (Lipinski definition) is 1. The molecule has 2 unspecified atom stereocenters. The van der Waals surface area contributed by atoms with Crippen LogP contribution in [0.3, 0.4) is 0 Å². The Morgan fingerprint density at radius 1 is 1.12 bits per heavy atom. The largest absolute Gasteiger partial charge is 0.377 e. The predicted molar refractivity (Wildman–Crippen MR) is 94.5 cm³/mol. The van der Waals surface area contributed by atoms with Crippen LogP contribution in [0.2, 0.25) is 0 Å². The second-order valence-corrected chi connectivity index (χ2v) is 7.39. The number of nitrogens with one attached hydrogen (secondary N) is 1. The van der Waals surface area contributed by atoms with E-state index in [0.29, 0.717) is 31.0 Å². The molecule has 8 nitrogen and oxygen atoms in total. The van der Waals surface area contributed by atoms with Crippen LogP contribution < -0.4 is 16.4 Å². The zero-order chi connectivity index (χ0) is 17.7. The Bertz CT molecular complexity index is 944. The number of hydrogen-bond acceptors (Lipinski definition) is 6. The van der Waals surface area contributed by atoms with Crippen molar-refractivity contribution < 1.29 is 4.74 Å². The molecule has 1 aliphatic heterocycles. The van der Waals surface area contributed by atoms with E-state index in [2.05, 4.69) is 15.4 Å². The molecule has 2 aromatic rings. The molecule has 8 heteroatoms. The van der Waals surface area contributed by atoms with E-state index < -0.39 is 0 Å². The first-order valence-corrected chi connectivity index (χ1v) is 9.22. The molecule has 0 spiro atoms. The first-order valence-electron chi connectivity index (χ1n) is 9.22. The first-order chi connectivity index (χ1) is 12.7. The fraction of sp³-hybridized carbons (Fsp3) is 0.556. The zero-order valence-electron chi connectivity index (χ0n) is 14.4. The molecular formula is C18H21N5O3. The Labute approximate surface area is 149 Å². The molecule has 3 fully saturated rings. The number of ether oxygens (including phenoxy) is 1. The molecule has 136 valence electrons.